The number of amides is 1. The number of methoxy groups -OCH3 is 1. The summed E-state index contributed by atoms with van der Waals surface area (Å²) < 4.78 is 4.60. The van der Waals surface area contributed by atoms with E-state index in [0.717, 1.165) is 0 Å². The van der Waals surface area contributed by atoms with Crippen molar-refractivity contribution in [2.75, 3.05) is 13.7 Å². The SMILES string of the molecule is COC(=O)CN(C(=O)c1c(C)n[nH]c1C)C(C)C. The van der Waals surface area contributed by atoms with Crippen molar-refractivity contribution in [1.29, 1.82) is 0 Å². The number of nitrogens with one attached hydrogen (secondary N) is 1. The first-order valence-electron chi connectivity index (χ1n) is 5.77. The van der Waals surface area contributed by atoms with Gasteiger partial charge in [0, 0.05) is 11.7 Å². The van der Waals surface area contributed by atoms with Gasteiger partial charge in [0.05, 0.1) is 18.4 Å². The second-order valence-electron chi connectivity index (χ2n) is 4.41. The third-order valence-corrected chi connectivity index (χ3v) is 2.75. The summed E-state index contributed by atoms with van der Waals surface area (Å²) >= 11 is 0. The molecule has 0 aliphatic carbocycles. The second kappa shape index (κ2) is 5.66. The molecule has 6 nitrogen and oxygen atoms in total. The van der Waals surface area contributed by atoms with Crippen LogP contribution in [0.3, 0.4) is 0 Å². The van der Waals surface area contributed by atoms with Gasteiger partial charge < -0.3 is 9.64 Å². The van der Waals surface area contributed by atoms with Crippen molar-refractivity contribution in [2.45, 2.75) is 33.7 Å². The van der Waals surface area contributed by atoms with E-state index in [2.05, 4.69) is 14.9 Å². The number of aryl methyl sites for hydroxylation is 2. The zero-order chi connectivity index (χ0) is 13.9. The highest BCUT2D eigenvalue weighted by atomic mass is 16.5. The molecule has 1 aromatic heterocycles. The van der Waals surface area contributed by atoms with Crippen LogP contribution in [0.4, 0.5) is 0 Å². The number of ether oxygens (including phenoxy) is 1. The van der Waals surface area contributed by atoms with Crippen LogP contribution in [0.2, 0.25) is 0 Å². The lowest BCUT2D eigenvalue weighted by atomic mass is 10.1. The Morgan fingerprint density at radius 1 is 1.39 bits per heavy atom. The monoisotopic (exact) mass is 253 g/mol. The Morgan fingerprint density at radius 2 is 2.00 bits per heavy atom. The normalized spacial score (nSPS) is 10.6. The topological polar surface area (TPSA) is 75.3 Å². The maximum absolute atomic E-state index is 12.4. The molecule has 0 unspecified atom stereocenters. The average molecular weight is 253 g/mol. The molecule has 1 heterocycles. The first-order valence-corrected chi connectivity index (χ1v) is 5.77. The van der Waals surface area contributed by atoms with Gasteiger partial charge in [-0.15, -0.1) is 0 Å². The molecule has 6 heteroatoms. The van der Waals surface area contributed by atoms with E-state index in [9.17, 15) is 9.59 Å². The molecule has 0 aliphatic heterocycles. The van der Waals surface area contributed by atoms with Crippen molar-refractivity contribution in [2.24, 2.45) is 0 Å². The molecule has 100 valence electrons. The highest BCUT2D eigenvalue weighted by molar-refractivity contribution is 5.98. The van der Waals surface area contributed by atoms with Crippen LogP contribution in [-0.2, 0) is 9.53 Å². The average Bonchev–Trinajstić information content (AvgIpc) is 2.64. The maximum Gasteiger partial charge on any atom is 0.325 e. The Kier molecular flexibility index (Phi) is 4.47. The van der Waals surface area contributed by atoms with E-state index in [1.54, 1.807) is 13.8 Å². The molecule has 0 saturated heterocycles. The molecule has 0 aliphatic rings. The zero-order valence-electron chi connectivity index (χ0n) is 11.4. The summed E-state index contributed by atoms with van der Waals surface area (Å²) in [5.41, 5.74) is 1.86. The van der Waals surface area contributed by atoms with Crippen molar-refractivity contribution >= 4 is 11.9 Å². The first kappa shape index (κ1) is 14.2. The molecular weight excluding hydrogens is 234 g/mol. The molecule has 1 N–H and O–H groups in total. The summed E-state index contributed by atoms with van der Waals surface area (Å²) in [4.78, 5) is 25.2. The Hall–Kier alpha value is -1.85. The minimum absolute atomic E-state index is 0.0585. The van der Waals surface area contributed by atoms with E-state index in [1.165, 1.54) is 12.0 Å². The van der Waals surface area contributed by atoms with Gasteiger partial charge in [0.15, 0.2) is 0 Å². The molecule has 0 atom stereocenters. The number of nitrogens with zero attached hydrogens (tertiary/aromatic N) is 2. The Bertz CT molecular complexity index is 432. The molecule has 1 aromatic rings. The lowest BCUT2D eigenvalue weighted by Gasteiger charge is -2.25. The van der Waals surface area contributed by atoms with Crippen LogP contribution in [0.25, 0.3) is 0 Å². The van der Waals surface area contributed by atoms with E-state index in [0.29, 0.717) is 17.0 Å². The Morgan fingerprint density at radius 3 is 2.39 bits per heavy atom. The summed E-state index contributed by atoms with van der Waals surface area (Å²) in [6.07, 6.45) is 0. The number of rotatable bonds is 4. The number of carbonyl (C=O) groups excluding carboxylic acids is 2. The lowest BCUT2D eigenvalue weighted by Crippen LogP contribution is -2.41. The van der Waals surface area contributed by atoms with Crippen LogP contribution in [0.5, 0.6) is 0 Å². The molecule has 18 heavy (non-hydrogen) atoms. The predicted octanol–water partition coefficient (Wildman–Crippen LogP) is 1.05. The summed E-state index contributed by atoms with van der Waals surface area (Å²) in [6, 6.07) is -0.0923. The first-order chi connectivity index (χ1) is 8.38. The Labute approximate surface area is 106 Å². The molecule has 0 spiro atoms. The number of H-pyrrole nitrogens is 1. The highest BCUT2D eigenvalue weighted by Gasteiger charge is 2.25. The van der Waals surface area contributed by atoms with E-state index in [4.69, 9.17) is 0 Å². The number of hydrogen-bond acceptors (Lipinski definition) is 4. The Balaban J connectivity index is 3.00. The zero-order valence-corrected chi connectivity index (χ0v) is 11.4. The fourth-order valence-corrected chi connectivity index (χ4v) is 1.70. The fraction of sp³-hybridized carbons (Fsp3) is 0.583. The van der Waals surface area contributed by atoms with Crippen molar-refractivity contribution < 1.29 is 14.3 Å². The quantitative estimate of drug-likeness (QED) is 0.814. The minimum Gasteiger partial charge on any atom is -0.468 e. The van der Waals surface area contributed by atoms with Crippen molar-refractivity contribution in [3.63, 3.8) is 0 Å². The van der Waals surface area contributed by atoms with Crippen LogP contribution in [0.1, 0.15) is 35.6 Å². The number of hydrogen-bond donors (Lipinski definition) is 1. The minimum atomic E-state index is -0.434. The number of aromatic nitrogens is 2. The maximum atomic E-state index is 12.4. The van der Waals surface area contributed by atoms with Crippen molar-refractivity contribution in [1.82, 2.24) is 15.1 Å². The smallest absolute Gasteiger partial charge is 0.325 e. The standard InChI is InChI=1S/C12H19N3O3/c1-7(2)15(6-10(16)18-5)12(17)11-8(3)13-14-9(11)4/h7H,6H2,1-5H3,(H,13,14). The summed E-state index contributed by atoms with van der Waals surface area (Å²) in [7, 11) is 1.31. The fourth-order valence-electron chi connectivity index (χ4n) is 1.70. The molecule has 0 radical (unpaired) electrons. The van der Waals surface area contributed by atoms with E-state index >= 15 is 0 Å². The predicted molar refractivity (Wildman–Crippen MR) is 66.3 cm³/mol. The third kappa shape index (κ3) is 2.88. The number of aromatic amines is 1. The lowest BCUT2D eigenvalue weighted by molar-refractivity contribution is -0.141. The molecular formula is C12H19N3O3. The van der Waals surface area contributed by atoms with Gasteiger partial charge in [0.25, 0.3) is 5.91 Å². The van der Waals surface area contributed by atoms with Crippen LogP contribution < -0.4 is 0 Å². The van der Waals surface area contributed by atoms with Gasteiger partial charge in [0.2, 0.25) is 0 Å². The summed E-state index contributed by atoms with van der Waals surface area (Å²) in [5.74, 6) is -0.644. The molecule has 0 bridgehead atoms. The van der Waals surface area contributed by atoms with Crippen LogP contribution in [-0.4, -0.2) is 46.7 Å². The molecule has 1 rings (SSSR count). The van der Waals surface area contributed by atoms with Gasteiger partial charge in [-0.25, -0.2) is 0 Å². The van der Waals surface area contributed by atoms with E-state index in [-0.39, 0.29) is 18.5 Å². The van der Waals surface area contributed by atoms with Crippen molar-refractivity contribution in [3.05, 3.63) is 17.0 Å². The van der Waals surface area contributed by atoms with Crippen LogP contribution >= 0.6 is 0 Å². The third-order valence-electron chi connectivity index (χ3n) is 2.75. The molecule has 0 saturated carbocycles. The highest BCUT2D eigenvalue weighted by Crippen LogP contribution is 2.14. The van der Waals surface area contributed by atoms with Gasteiger partial charge in [-0.05, 0) is 27.7 Å². The number of carbonyl (C=O) groups is 2. The summed E-state index contributed by atoms with van der Waals surface area (Å²) in [6.45, 7) is 7.19. The molecule has 0 fully saturated rings. The van der Waals surface area contributed by atoms with Crippen LogP contribution in [0, 0.1) is 13.8 Å². The largest absolute Gasteiger partial charge is 0.468 e. The van der Waals surface area contributed by atoms with Gasteiger partial charge in [-0.3, -0.25) is 14.7 Å². The second-order valence-corrected chi connectivity index (χ2v) is 4.41. The van der Waals surface area contributed by atoms with Gasteiger partial charge in [-0.1, -0.05) is 0 Å². The molecule has 1 amide bonds. The molecule has 0 aromatic carbocycles. The van der Waals surface area contributed by atoms with Gasteiger partial charge in [-0.2, -0.15) is 5.10 Å². The van der Waals surface area contributed by atoms with Crippen molar-refractivity contribution in [3.8, 4) is 0 Å². The van der Waals surface area contributed by atoms with Gasteiger partial charge in [0.1, 0.15) is 6.54 Å². The summed E-state index contributed by atoms with van der Waals surface area (Å²) in [5, 5.41) is 6.75. The van der Waals surface area contributed by atoms with Gasteiger partial charge >= 0.3 is 5.97 Å². The van der Waals surface area contributed by atoms with E-state index in [1.807, 2.05) is 13.8 Å². The van der Waals surface area contributed by atoms with Crippen LogP contribution in [0.15, 0.2) is 0 Å². The van der Waals surface area contributed by atoms with E-state index < -0.39 is 5.97 Å². The number of esters is 1.